The van der Waals surface area contributed by atoms with E-state index in [0.717, 1.165) is 28.2 Å². The molecule has 96 valence electrons. The molecule has 3 N–H and O–H groups in total. The molecule has 2 aromatic rings. The standard InChI is InChI=1S/C13H17N3O2/c1-4-18-11-6-9(10-7-15-16-13(10)14)12(17-3)5-8(11)2/h5-7H,4H2,1-3H3,(H3,14,15,16). The van der Waals surface area contributed by atoms with E-state index >= 15 is 0 Å². The quantitative estimate of drug-likeness (QED) is 0.870. The molecule has 0 radical (unpaired) electrons. The molecule has 1 aromatic heterocycles. The lowest BCUT2D eigenvalue weighted by Crippen LogP contribution is -1.97. The van der Waals surface area contributed by atoms with Gasteiger partial charge in [0.25, 0.3) is 0 Å². The second kappa shape index (κ2) is 5.00. The van der Waals surface area contributed by atoms with Gasteiger partial charge in [0, 0.05) is 11.1 Å². The van der Waals surface area contributed by atoms with Crippen molar-refractivity contribution < 1.29 is 9.47 Å². The molecule has 1 heterocycles. The highest BCUT2D eigenvalue weighted by Gasteiger charge is 2.14. The zero-order valence-corrected chi connectivity index (χ0v) is 10.8. The minimum Gasteiger partial charge on any atom is -0.496 e. The average molecular weight is 247 g/mol. The number of nitrogen functional groups attached to an aromatic ring is 1. The van der Waals surface area contributed by atoms with Gasteiger partial charge in [0.15, 0.2) is 0 Å². The lowest BCUT2D eigenvalue weighted by molar-refractivity contribution is 0.337. The lowest BCUT2D eigenvalue weighted by Gasteiger charge is -2.13. The van der Waals surface area contributed by atoms with E-state index in [1.165, 1.54) is 0 Å². The third-order valence-corrected chi connectivity index (χ3v) is 2.76. The van der Waals surface area contributed by atoms with Gasteiger partial charge in [0.1, 0.15) is 17.3 Å². The Morgan fingerprint density at radius 2 is 2.06 bits per heavy atom. The summed E-state index contributed by atoms with van der Waals surface area (Å²) in [7, 11) is 1.63. The van der Waals surface area contributed by atoms with Crippen LogP contribution in [0.15, 0.2) is 18.3 Å². The maximum absolute atomic E-state index is 5.84. The van der Waals surface area contributed by atoms with Crippen molar-refractivity contribution in [1.82, 2.24) is 10.2 Å². The Kier molecular flexibility index (Phi) is 3.41. The predicted octanol–water partition coefficient (Wildman–Crippen LogP) is 2.37. The van der Waals surface area contributed by atoms with Gasteiger partial charge in [0.2, 0.25) is 0 Å². The molecule has 0 aliphatic carbocycles. The fourth-order valence-electron chi connectivity index (χ4n) is 1.86. The first kappa shape index (κ1) is 12.3. The van der Waals surface area contributed by atoms with Gasteiger partial charge in [-0.2, -0.15) is 5.10 Å². The van der Waals surface area contributed by atoms with Crippen LogP contribution in [0.1, 0.15) is 12.5 Å². The van der Waals surface area contributed by atoms with Gasteiger partial charge in [-0.3, -0.25) is 5.10 Å². The van der Waals surface area contributed by atoms with Gasteiger partial charge in [-0.1, -0.05) is 0 Å². The minimum atomic E-state index is 0.514. The molecule has 0 aliphatic rings. The van der Waals surface area contributed by atoms with Crippen LogP contribution in [0.2, 0.25) is 0 Å². The fourth-order valence-corrected chi connectivity index (χ4v) is 1.86. The lowest BCUT2D eigenvalue weighted by atomic mass is 10.0. The summed E-state index contributed by atoms with van der Waals surface area (Å²) in [4.78, 5) is 0. The van der Waals surface area contributed by atoms with E-state index in [4.69, 9.17) is 15.2 Å². The minimum absolute atomic E-state index is 0.514. The number of rotatable bonds is 4. The second-order valence-corrected chi connectivity index (χ2v) is 3.95. The fraction of sp³-hybridized carbons (Fsp3) is 0.308. The number of aromatic nitrogens is 2. The zero-order chi connectivity index (χ0) is 13.1. The molecule has 0 atom stereocenters. The van der Waals surface area contributed by atoms with Gasteiger partial charge in [-0.15, -0.1) is 0 Å². The summed E-state index contributed by atoms with van der Waals surface area (Å²) in [5, 5.41) is 6.64. The van der Waals surface area contributed by atoms with Crippen molar-refractivity contribution in [3.05, 3.63) is 23.9 Å². The molecule has 0 saturated heterocycles. The van der Waals surface area contributed by atoms with E-state index in [9.17, 15) is 0 Å². The van der Waals surface area contributed by atoms with Crippen LogP contribution in [0, 0.1) is 6.92 Å². The first-order valence-corrected chi connectivity index (χ1v) is 5.78. The Bertz CT molecular complexity index is 549. The van der Waals surface area contributed by atoms with E-state index in [-0.39, 0.29) is 0 Å². The number of anilines is 1. The zero-order valence-electron chi connectivity index (χ0n) is 10.8. The highest BCUT2D eigenvalue weighted by molar-refractivity contribution is 5.79. The highest BCUT2D eigenvalue weighted by Crippen LogP contribution is 2.37. The van der Waals surface area contributed by atoms with Crippen LogP contribution in [0.25, 0.3) is 11.1 Å². The van der Waals surface area contributed by atoms with Crippen LogP contribution < -0.4 is 15.2 Å². The smallest absolute Gasteiger partial charge is 0.127 e. The Morgan fingerprint density at radius 1 is 1.28 bits per heavy atom. The molecule has 18 heavy (non-hydrogen) atoms. The number of benzene rings is 1. The summed E-state index contributed by atoms with van der Waals surface area (Å²) in [5.41, 5.74) is 8.56. The maximum Gasteiger partial charge on any atom is 0.127 e. The first-order valence-electron chi connectivity index (χ1n) is 5.78. The van der Waals surface area contributed by atoms with Gasteiger partial charge in [-0.05, 0) is 31.5 Å². The van der Waals surface area contributed by atoms with Crippen molar-refractivity contribution in [2.45, 2.75) is 13.8 Å². The van der Waals surface area contributed by atoms with Crippen molar-refractivity contribution in [3.63, 3.8) is 0 Å². The summed E-state index contributed by atoms with van der Waals surface area (Å²) in [6, 6.07) is 3.87. The topological polar surface area (TPSA) is 73.2 Å². The van der Waals surface area contributed by atoms with E-state index in [0.29, 0.717) is 12.4 Å². The number of ether oxygens (including phenoxy) is 2. The second-order valence-electron chi connectivity index (χ2n) is 3.95. The van der Waals surface area contributed by atoms with Crippen LogP contribution >= 0.6 is 0 Å². The summed E-state index contributed by atoms with van der Waals surface area (Å²) >= 11 is 0. The third-order valence-electron chi connectivity index (χ3n) is 2.76. The SMILES string of the molecule is CCOc1cc(-c2cn[nH]c2N)c(OC)cc1C. The summed E-state index contributed by atoms with van der Waals surface area (Å²) in [5.74, 6) is 2.09. The Balaban J connectivity index is 2.57. The van der Waals surface area contributed by atoms with Gasteiger partial charge in [0.05, 0.1) is 19.9 Å². The number of methoxy groups -OCH3 is 1. The largest absolute Gasteiger partial charge is 0.496 e. The van der Waals surface area contributed by atoms with Crippen molar-refractivity contribution in [2.24, 2.45) is 0 Å². The van der Waals surface area contributed by atoms with E-state index in [1.807, 2.05) is 26.0 Å². The van der Waals surface area contributed by atoms with E-state index in [1.54, 1.807) is 13.3 Å². The summed E-state index contributed by atoms with van der Waals surface area (Å²) in [6.07, 6.45) is 1.68. The molecule has 0 saturated carbocycles. The molecule has 0 aliphatic heterocycles. The molecule has 5 nitrogen and oxygen atoms in total. The maximum atomic E-state index is 5.84. The molecule has 0 spiro atoms. The number of hydrogen-bond donors (Lipinski definition) is 2. The van der Waals surface area contributed by atoms with E-state index < -0.39 is 0 Å². The summed E-state index contributed by atoms with van der Waals surface area (Å²) in [6.45, 7) is 4.55. The molecule has 1 aromatic carbocycles. The van der Waals surface area contributed by atoms with Crippen LogP contribution in [0.4, 0.5) is 5.82 Å². The van der Waals surface area contributed by atoms with Gasteiger partial charge in [-0.25, -0.2) is 0 Å². The molecule has 2 rings (SSSR count). The summed E-state index contributed by atoms with van der Waals surface area (Å²) < 4.78 is 11.0. The first-order chi connectivity index (χ1) is 8.67. The normalized spacial score (nSPS) is 10.4. The molecule has 0 unspecified atom stereocenters. The molecule has 0 bridgehead atoms. The Labute approximate surface area is 106 Å². The number of nitrogens with one attached hydrogen (secondary N) is 1. The Hall–Kier alpha value is -2.17. The van der Waals surface area contributed by atoms with Crippen LogP contribution in [-0.4, -0.2) is 23.9 Å². The highest BCUT2D eigenvalue weighted by atomic mass is 16.5. The molecule has 5 heteroatoms. The van der Waals surface area contributed by atoms with Crippen molar-refractivity contribution in [1.29, 1.82) is 0 Å². The van der Waals surface area contributed by atoms with E-state index in [2.05, 4.69) is 10.2 Å². The number of aryl methyl sites for hydroxylation is 1. The monoisotopic (exact) mass is 247 g/mol. The Morgan fingerprint density at radius 3 is 2.61 bits per heavy atom. The molecule has 0 fully saturated rings. The number of aromatic amines is 1. The number of hydrogen-bond acceptors (Lipinski definition) is 4. The van der Waals surface area contributed by atoms with Crippen molar-refractivity contribution in [2.75, 3.05) is 19.5 Å². The van der Waals surface area contributed by atoms with Gasteiger partial charge >= 0.3 is 0 Å². The van der Waals surface area contributed by atoms with Crippen molar-refractivity contribution >= 4 is 5.82 Å². The van der Waals surface area contributed by atoms with Crippen LogP contribution in [0.5, 0.6) is 11.5 Å². The third kappa shape index (κ3) is 2.11. The molecular formula is C13H17N3O2. The van der Waals surface area contributed by atoms with Gasteiger partial charge < -0.3 is 15.2 Å². The average Bonchev–Trinajstić information content (AvgIpc) is 2.78. The number of nitrogens with two attached hydrogens (primary N) is 1. The van der Waals surface area contributed by atoms with Crippen LogP contribution in [0.3, 0.4) is 0 Å². The van der Waals surface area contributed by atoms with Crippen molar-refractivity contribution in [3.8, 4) is 22.6 Å². The molecule has 0 amide bonds. The van der Waals surface area contributed by atoms with Crippen LogP contribution in [-0.2, 0) is 0 Å². The molecular weight excluding hydrogens is 230 g/mol. The number of nitrogens with zero attached hydrogens (tertiary/aromatic N) is 1. The number of H-pyrrole nitrogens is 1. The predicted molar refractivity (Wildman–Crippen MR) is 70.9 cm³/mol.